The molecule has 2 amide bonds. The van der Waals surface area contributed by atoms with E-state index in [9.17, 15) is 9.59 Å². The van der Waals surface area contributed by atoms with Gasteiger partial charge in [-0.15, -0.1) is 0 Å². The molecule has 2 aromatic rings. The van der Waals surface area contributed by atoms with Crippen molar-refractivity contribution in [2.45, 2.75) is 12.1 Å². The fraction of sp³-hybridized carbons (Fsp3) is 0.478. The van der Waals surface area contributed by atoms with Crippen molar-refractivity contribution in [1.82, 2.24) is 19.8 Å². The number of rotatable bonds is 6. The van der Waals surface area contributed by atoms with Gasteiger partial charge in [-0.1, -0.05) is 23.4 Å². The van der Waals surface area contributed by atoms with Crippen LogP contribution in [0.15, 0.2) is 35.5 Å². The molecular formula is C23H29ClN6O3S. The number of amides is 2. The van der Waals surface area contributed by atoms with E-state index in [4.69, 9.17) is 16.3 Å². The molecule has 0 bridgehead atoms. The van der Waals surface area contributed by atoms with Crippen LogP contribution >= 0.6 is 23.4 Å². The Morgan fingerprint density at radius 2 is 1.56 bits per heavy atom. The fourth-order valence-electron chi connectivity index (χ4n) is 4.09. The summed E-state index contributed by atoms with van der Waals surface area (Å²) in [6.45, 7) is 7.16. The van der Waals surface area contributed by atoms with Gasteiger partial charge < -0.3 is 24.3 Å². The Morgan fingerprint density at radius 3 is 2.18 bits per heavy atom. The van der Waals surface area contributed by atoms with Crippen LogP contribution in [0, 0.1) is 0 Å². The van der Waals surface area contributed by atoms with E-state index >= 15 is 0 Å². The summed E-state index contributed by atoms with van der Waals surface area (Å²) in [6, 6.07) is 9.86. The second-order valence-corrected chi connectivity index (χ2v) is 9.51. The molecule has 1 aromatic heterocycles. The van der Waals surface area contributed by atoms with E-state index < -0.39 is 0 Å². The minimum atomic E-state index is 0.0198. The van der Waals surface area contributed by atoms with Crippen molar-refractivity contribution in [2.75, 3.05) is 75.0 Å². The van der Waals surface area contributed by atoms with Crippen LogP contribution in [-0.4, -0.2) is 96.8 Å². The lowest BCUT2D eigenvalue weighted by Crippen LogP contribution is -2.50. The number of hydrogen-bond acceptors (Lipinski definition) is 8. The highest BCUT2D eigenvalue weighted by atomic mass is 35.5. The second kappa shape index (κ2) is 11.1. The van der Waals surface area contributed by atoms with Crippen molar-refractivity contribution in [3.05, 3.63) is 35.5 Å². The Morgan fingerprint density at radius 1 is 0.941 bits per heavy atom. The minimum Gasteiger partial charge on any atom is -0.497 e. The van der Waals surface area contributed by atoms with Crippen LogP contribution in [0.2, 0.25) is 5.15 Å². The molecule has 182 valence electrons. The molecule has 2 fully saturated rings. The first-order valence-electron chi connectivity index (χ1n) is 11.3. The Hall–Kier alpha value is -2.72. The number of benzene rings is 1. The Labute approximate surface area is 209 Å². The van der Waals surface area contributed by atoms with Gasteiger partial charge in [0.15, 0.2) is 5.16 Å². The van der Waals surface area contributed by atoms with Crippen molar-refractivity contribution < 1.29 is 14.3 Å². The molecule has 9 nitrogen and oxygen atoms in total. The van der Waals surface area contributed by atoms with Gasteiger partial charge in [-0.05, 0) is 24.3 Å². The summed E-state index contributed by atoms with van der Waals surface area (Å²) < 4.78 is 5.24. The quantitative estimate of drug-likeness (QED) is 0.336. The minimum absolute atomic E-state index is 0.0198. The van der Waals surface area contributed by atoms with Crippen LogP contribution in [0.5, 0.6) is 5.75 Å². The predicted molar refractivity (Wildman–Crippen MR) is 134 cm³/mol. The van der Waals surface area contributed by atoms with Crippen molar-refractivity contribution in [3.63, 3.8) is 0 Å². The fourth-order valence-corrected chi connectivity index (χ4v) is 5.07. The first kappa shape index (κ1) is 24.4. The highest BCUT2D eigenvalue weighted by Gasteiger charge is 2.23. The van der Waals surface area contributed by atoms with Crippen LogP contribution in [0.25, 0.3) is 0 Å². The molecule has 0 spiro atoms. The number of anilines is 2. The van der Waals surface area contributed by atoms with Crippen LogP contribution in [0.3, 0.4) is 0 Å². The normalized spacial score (nSPS) is 16.6. The second-order valence-electron chi connectivity index (χ2n) is 8.18. The van der Waals surface area contributed by atoms with E-state index in [1.807, 2.05) is 12.1 Å². The van der Waals surface area contributed by atoms with E-state index in [2.05, 4.69) is 31.9 Å². The topological polar surface area (TPSA) is 82.1 Å². The van der Waals surface area contributed by atoms with Gasteiger partial charge in [-0.25, -0.2) is 9.97 Å². The summed E-state index contributed by atoms with van der Waals surface area (Å²) in [5.74, 6) is 1.93. The van der Waals surface area contributed by atoms with E-state index in [1.165, 1.54) is 17.4 Å². The maximum Gasteiger partial charge on any atom is 0.233 e. The number of halogens is 1. The summed E-state index contributed by atoms with van der Waals surface area (Å²) >= 11 is 7.58. The third-order valence-corrected chi connectivity index (χ3v) is 7.13. The summed E-state index contributed by atoms with van der Waals surface area (Å²) in [4.78, 5) is 41.1. The summed E-state index contributed by atoms with van der Waals surface area (Å²) in [5.41, 5.74) is 1.17. The number of carbonyl (C=O) groups is 2. The Bertz CT molecular complexity index is 1010. The Kier molecular flexibility index (Phi) is 7.99. The zero-order valence-corrected chi connectivity index (χ0v) is 21.0. The number of carbonyl (C=O) groups excluding carboxylic acids is 2. The highest BCUT2D eigenvalue weighted by Crippen LogP contribution is 2.25. The summed E-state index contributed by atoms with van der Waals surface area (Å²) in [7, 11) is 1.67. The molecule has 34 heavy (non-hydrogen) atoms. The average molecular weight is 505 g/mol. The highest BCUT2D eigenvalue weighted by molar-refractivity contribution is 7.99. The molecule has 0 N–H and O–H groups in total. The number of aromatic nitrogens is 2. The smallest absolute Gasteiger partial charge is 0.233 e. The van der Waals surface area contributed by atoms with E-state index in [0.29, 0.717) is 36.5 Å². The van der Waals surface area contributed by atoms with Crippen molar-refractivity contribution in [2.24, 2.45) is 0 Å². The molecule has 0 radical (unpaired) electrons. The molecule has 0 atom stereocenters. The largest absolute Gasteiger partial charge is 0.497 e. The zero-order valence-electron chi connectivity index (χ0n) is 19.4. The lowest BCUT2D eigenvalue weighted by Gasteiger charge is -2.36. The number of piperazine rings is 2. The standard InChI is InChI=1S/C23H29ClN6O3S/c1-17(31)27-7-13-30(14-8-27)22(32)16-34-23-25-20(24)15-21(26-23)29-11-9-28(10-12-29)18-3-5-19(33-2)6-4-18/h3-6,15H,7-14,16H2,1-2H3. The van der Waals surface area contributed by atoms with Gasteiger partial charge in [0.1, 0.15) is 16.7 Å². The van der Waals surface area contributed by atoms with Gasteiger partial charge in [0, 0.05) is 71.0 Å². The molecule has 0 aliphatic carbocycles. The molecule has 4 rings (SSSR count). The molecule has 3 heterocycles. The number of hydrogen-bond donors (Lipinski definition) is 0. The number of thioether (sulfide) groups is 1. The first-order valence-corrected chi connectivity index (χ1v) is 12.6. The molecule has 1 aromatic carbocycles. The summed E-state index contributed by atoms with van der Waals surface area (Å²) in [5, 5.41) is 0.864. The molecule has 11 heteroatoms. The SMILES string of the molecule is COc1ccc(N2CCN(c3cc(Cl)nc(SCC(=O)N4CCN(C(C)=O)CC4)n3)CC2)cc1. The van der Waals surface area contributed by atoms with Gasteiger partial charge in [-0.2, -0.15) is 0 Å². The van der Waals surface area contributed by atoms with Gasteiger partial charge in [0.05, 0.1) is 12.9 Å². The van der Waals surface area contributed by atoms with Crippen LogP contribution in [0.4, 0.5) is 11.5 Å². The molecular weight excluding hydrogens is 476 g/mol. The molecule has 0 unspecified atom stereocenters. The first-order chi connectivity index (χ1) is 16.4. The van der Waals surface area contributed by atoms with Crippen LogP contribution in [-0.2, 0) is 9.59 Å². The van der Waals surface area contributed by atoms with E-state index in [0.717, 1.165) is 37.7 Å². The predicted octanol–water partition coefficient (Wildman–Crippen LogP) is 2.25. The van der Waals surface area contributed by atoms with Gasteiger partial charge in [0.2, 0.25) is 11.8 Å². The number of nitrogens with zero attached hydrogens (tertiary/aromatic N) is 6. The lowest BCUT2D eigenvalue weighted by atomic mass is 10.2. The van der Waals surface area contributed by atoms with Crippen LogP contribution < -0.4 is 14.5 Å². The van der Waals surface area contributed by atoms with Crippen molar-refractivity contribution in [1.29, 1.82) is 0 Å². The maximum absolute atomic E-state index is 12.6. The number of methoxy groups -OCH3 is 1. The average Bonchev–Trinajstić information content (AvgIpc) is 2.87. The third-order valence-electron chi connectivity index (χ3n) is 6.10. The summed E-state index contributed by atoms with van der Waals surface area (Å²) in [6.07, 6.45) is 0. The number of ether oxygens (including phenoxy) is 1. The van der Waals surface area contributed by atoms with Gasteiger partial charge >= 0.3 is 0 Å². The maximum atomic E-state index is 12.6. The van der Waals surface area contributed by atoms with Crippen molar-refractivity contribution >= 4 is 46.7 Å². The molecule has 2 aliphatic rings. The van der Waals surface area contributed by atoms with Crippen molar-refractivity contribution in [3.8, 4) is 5.75 Å². The molecule has 0 saturated carbocycles. The lowest BCUT2D eigenvalue weighted by molar-refractivity contribution is -0.136. The van der Waals surface area contributed by atoms with Crippen LogP contribution in [0.1, 0.15) is 6.92 Å². The molecule has 2 aliphatic heterocycles. The monoisotopic (exact) mass is 504 g/mol. The van der Waals surface area contributed by atoms with E-state index in [-0.39, 0.29) is 17.6 Å². The van der Waals surface area contributed by atoms with E-state index in [1.54, 1.807) is 29.9 Å². The zero-order chi connectivity index (χ0) is 24.1. The van der Waals surface area contributed by atoms with Gasteiger partial charge in [-0.3, -0.25) is 9.59 Å². The van der Waals surface area contributed by atoms with Gasteiger partial charge in [0.25, 0.3) is 0 Å². The molecule has 2 saturated heterocycles. The Balaban J connectivity index is 1.31. The third kappa shape index (κ3) is 6.04.